The summed E-state index contributed by atoms with van der Waals surface area (Å²) in [6.45, 7) is 1.57. The summed E-state index contributed by atoms with van der Waals surface area (Å²) in [5.74, 6) is 1.80. The minimum atomic E-state index is 0.165. The first kappa shape index (κ1) is 20.7. The molecule has 160 valence electrons. The molecule has 5 rings (SSSR count). The molecule has 1 aliphatic rings. The molecular formula is C22H23N5OS3. The molecule has 4 aromatic rings. The number of carbonyl (C=O) groups excluding carboxylic acids is 1. The highest BCUT2D eigenvalue weighted by atomic mass is 32.2. The van der Waals surface area contributed by atoms with Crippen LogP contribution in [0, 0.1) is 0 Å². The number of thioether (sulfide) groups is 1. The zero-order chi connectivity index (χ0) is 21.2. The molecule has 0 aliphatic carbocycles. The lowest BCUT2D eigenvalue weighted by Gasteiger charge is -2.31. The Kier molecular flexibility index (Phi) is 6.06. The summed E-state index contributed by atoms with van der Waals surface area (Å²) in [7, 11) is 1.97. The van der Waals surface area contributed by atoms with Crippen molar-refractivity contribution in [2.24, 2.45) is 7.05 Å². The summed E-state index contributed by atoms with van der Waals surface area (Å²) in [5.41, 5.74) is 1.06. The van der Waals surface area contributed by atoms with E-state index in [-0.39, 0.29) is 5.91 Å². The van der Waals surface area contributed by atoms with Gasteiger partial charge in [-0.3, -0.25) is 4.79 Å². The van der Waals surface area contributed by atoms with Crippen LogP contribution in [0.3, 0.4) is 0 Å². The number of fused-ring (bicyclic) bond motifs is 1. The van der Waals surface area contributed by atoms with Crippen LogP contribution < -0.4 is 0 Å². The third-order valence-corrected chi connectivity index (χ3v) is 8.68. The van der Waals surface area contributed by atoms with Crippen LogP contribution in [0.2, 0.25) is 0 Å². The van der Waals surface area contributed by atoms with Gasteiger partial charge in [-0.25, -0.2) is 4.98 Å². The molecule has 1 amide bonds. The second-order valence-corrected chi connectivity index (χ2v) is 10.7. The normalized spacial score (nSPS) is 16.8. The fourth-order valence-corrected chi connectivity index (χ4v) is 6.51. The van der Waals surface area contributed by atoms with Gasteiger partial charge in [0.05, 0.1) is 21.0 Å². The molecule has 0 spiro atoms. The number of nitrogens with zero attached hydrogens (tertiary/aromatic N) is 5. The number of thiophene rings is 1. The molecule has 0 bridgehead atoms. The van der Waals surface area contributed by atoms with Crippen molar-refractivity contribution in [1.82, 2.24) is 24.6 Å². The van der Waals surface area contributed by atoms with Crippen molar-refractivity contribution in [1.29, 1.82) is 0 Å². The van der Waals surface area contributed by atoms with E-state index in [2.05, 4.69) is 39.8 Å². The second kappa shape index (κ2) is 9.10. The van der Waals surface area contributed by atoms with Crippen LogP contribution in [0.4, 0.5) is 0 Å². The van der Waals surface area contributed by atoms with Crippen LogP contribution in [-0.2, 0) is 18.3 Å². The third-order valence-electron chi connectivity index (χ3n) is 5.60. The highest BCUT2D eigenvalue weighted by molar-refractivity contribution is 7.99. The van der Waals surface area contributed by atoms with E-state index in [1.54, 1.807) is 22.7 Å². The van der Waals surface area contributed by atoms with Gasteiger partial charge in [-0.05, 0) is 36.4 Å². The largest absolute Gasteiger partial charge is 0.341 e. The molecule has 0 saturated carbocycles. The Labute approximate surface area is 193 Å². The maximum Gasteiger partial charge on any atom is 0.233 e. The quantitative estimate of drug-likeness (QED) is 0.387. The molecule has 4 heterocycles. The van der Waals surface area contributed by atoms with Crippen molar-refractivity contribution in [3.05, 3.63) is 57.5 Å². The molecular weight excluding hydrogens is 446 g/mol. The van der Waals surface area contributed by atoms with E-state index in [0.717, 1.165) is 53.9 Å². The number of thiazole rings is 1. The number of piperidine rings is 1. The first-order valence-corrected chi connectivity index (χ1v) is 13.0. The van der Waals surface area contributed by atoms with E-state index in [1.807, 2.05) is 28.6 Å². The fraction of sp³-hybridized carbons (Fsp3) is 0.364. The summed E-state index contributed by atoms with van der Waals surface area (Å²) in [4.78, 5) is 21.0. The van der Waals surface area contributed by atoms with Crippen LogP contribution in [-0.4, -0.2) is 49.4 Å². The first-order chi connectivity index (χ1) is 15.2. The van der Waals surface area contributed by atoms with E-state index in [1.165, 1.54) is 21.3 Å². The Hall–Kier alpha value is -2.23. The number of rotatable bonds is 6. The van der Waals surface area contributed by atoms with Gasteiger partial charge in [-0.2, -0.15) is 0 Å². The molecule has 1 fully saturated rings. The highest BCUT2D eigenvalue weighted by Gasteiger charge is 2.27. The average Bonchev–Trinajstić information content (AvgIpc) is 3.54. The molecule has 9 heteroatoms. The number of benzene rings is 1. The molecule has 1 saturated heterocycles. The topological polar surface area (TPSA) is 63.9 Å². The summed E-state index contributed by atoms with van der Waals surface area (Å²) < 4.78 is 3.22. The smallest absolute Gasteiger partial charge is 0.233 e. The van der Waals surface area contributed by atoms with E-state index >= 15 is 0 Å². The van der Waals surface area contributed by atoms with E-state index in [0.29, 0.717) is 11.7 Å². The molecule has 0 radical (unpaired) electrons. The lowest BCUT2D eigenvalue weighted by molar-refractivity contribution is -0.129. The number of para-hydroxylation sites is 1. The molecule has 6 nitrogen and oxygen atoms in total. The van der Waals surface area contributed by atoms with E-state index < -0.39 is 0 Å². The van der Waals surface area contributed by atoms with Crippen LogP contribution in [0.1, 0.15) is 34.5 Å². The first-order valence-electron chi connectivity index (χ1n) is 10.3. The Morgan fingerprint density at radius 2 is 2.13 bits per heavy atom. The molecule has 1 aromatic carbocycles. The summed E-state index contributed by atoms with van der Waals surface area (Å²) >= 11 is 4.95. The second-order valence-electron chi connectivity index (χ2n) is 7.70. The highest BCUT2D eigenvalue weighted by Crippen LogP contribution is 2.33. The van der Waals surface area contributed by atoms with Gasteiger partial charge in [0.15, 0.2) is 5.16 Å². The number of aromatic nitrogens is 4. The van der Waals surface area contributed by atoms with Gasteiger partial charge in [0, 0.05) is 37.4 Å². The molecule has 1 aliphatic heterocycles. The minimum Gasteiger partial charge on any atom is -0.341 e. The number of hydrogen-bond acceptors (Lipinski definition) is 7. The van der Waals surface area contributed by atoms with Gasteiger partial charge < -0.3 is 9.47 Å². The molecule has 31 heavy (non-hydrogen) atoms. The third kappa shape index (κ3) is 4.53. The number of hydrogen-bond donors (Lipinski definition) is 0. The molecule has 1 atom stereocenters. The molecule has 0 N–H and O–H groups in total. The van der Waals surface area contributed by atoms with Crippen molar-refractivity contribution in [3.63, 3.8) is 0 Å². The SMILES string of the molecule is Cn1c(Cc2cccs2)nnc1SCC(=O)N1CCCC(c2nc3ccccc3s2)C1. The minimum absolute atomic E-state index is 0.165. The van der Waals surface area contributed by atoms with Crippen molar-refractivity contribution in [3.8, 4) is 0 Å². The monoisotopic (exact) mass is 469 g/mol. The summed E-state index contributed by atoms with van der Waals surface area (Å²) in [6.07, 6.45) is 2.88. The standard InChI is InChI=1S/C22H23N5OS3/c1-26-19(12-16-7-5-11-29-16)24-25-22(26)30-14-20(28)27-10-4-6-15(13-27)21-23-17-8-2-3-9-18(17)31-21/h2-3,5,7-9,11,15H,4,6,10,12-14H2,1H3. The Balaban J connectivity index is 1.20. The van der Waals surface area contributed by atoms with Gasteiger partial charge >= 0.3 is 0 Å². The predicted octanol–water partition coefficient (Wildman–Crippen LogP) is 4.58. The fourth-order valence-electron chi connectivity index (χ4n) is 3.88. The van der Waals surface area contributed by atoms with Crippen LogP contribution in [0.25, 0.3) is 10.2 Å². The Morgan fingerprint density at radius 1 is 1.23 bits per heavy atom. The molecule has 3 aromatic heterocycles. The van der Waals surface area contributed by atoms with Crippen molar-refractivity contribution >= 4 is 50.6 Å². The van der Waals surface area contributed by atoms with Gasteiger partial charge in [-0.15, -0.1) is 32.9 Å². The van der Waals surface area contributed by atoms with Crippen LogP contribution >= 0.6 is 34.4 Å². The van der Waals surface area contributed by atoms with Crippen molar-refractivity contribution < 1.29 is 4.79 Å². The predicted molar refractivity (Wildman–Crippen MR) is 127 cm³/mol. The maximum atomic E-state index is 12.9. The summed E-state index contributed by atoms with van der Waals surface area (Å²) in [6, 6.07) is 12.4. The van der Waals surface area contributed by atoms with Gasteiger partial charge in [-0.1, -0.05) is 30.0 Å². The lowest BCUT2D eigenvalue weighted by atomic mass is 9.99. The Bertz CT molecular complexity index is 1150. The van der Waals surface area contributed by atoms with Gasteiger partial charge in [0.1, 0.15) is 5.82 Å². The Morgan fingerprint density at radius 3 is 2.97 bits per heavy atom. The molecule has 1 unspecified atom stereocenters. The zero-order valence-corrected chi connectivity index (χ0v) is 19.7. The van der Waals surface area contributed by atoms with Crippen LogP contribution in [0.5, 0.6) is 0 Å². The number of likely N-dealkylation sites (tertiary alicyclic amines) is 1. The number of amides is 1. The van der Waals surface area contributed by atoms with Gasteiger partial charge in [0.25, 0.3) is 0 Å². The number of carbonyl (C=O) groups is 1. The maximum absolute atomic E-state index is 12.9. The van der Waals surface area contributed by atoms with Gasteiger partial charge in [0.2, 0.25) is 5.91 Å². The van der Waals surface area contributed by atoms with Crippen molar-refractivity contribution in [2.45, 2.75) is 30.3 Å². The lowest BCUT2D eigenvalue weighted by Crippen LogP contribution is -2.40. The van der Waals surface area contributed by atoms with Crippen LogP contribution in [0.15, 0.2) is 46.9 Å². The van der Waals surface area contributed by atoms with Crippen molar-refractivity contribution in [2.75, 3.05) is 18.8 Å². The average molecular weight is 470 g/mol. The summed E-state index contributed by atoms with van der Waals surface area (Å²) in [5, 5.41) is 12.6. The zero-order valence-electron chi connectivity index (χ0n) is 17.2. The van der Waals surface area contributed by atoms with E-state index in [4.69, 9.17) is 4.98 Å². The van der Waals surface area contributed by atoms with E-state index in [9.17, 15) is 4.79 Å².